The van der Waals surface area contributed by atoms with Crippen LogP contribution >= 0.6 is 0 Å². The largest absolute Gasteiger partial charge is 0.382 e. The van der Waals surface area contributed by atoms with Crippen molar-refractivity contribution in [3.8, 4) is 0 Å². The normalized spacial score (nSPS) is 12.0. The van der Waals surface area contributed by atoms with Crippen molar-refractivity contribution in [3.05, 3.63) is 42.7 Å². The number of fused-ring (bicyclic) bond motifs is 3. The maximum atomic E-state index is 11.7. The number of aromatic nitrogens is 3. The van der Waals surface area contributed by atoms with Crippen molar-refractivity contribution >= 4 is 37.6 Å². The number of imidazole rings is 1. The van der Waals surface area contributed by atoms with Crippen LogP contribution < -0.4 is 5.73 Å². The molecule has 1 aromatic carbocycles. The van der Waals surface area contributed by atoms with Gasteiger partial charge in [0, 0.05) is 25.0 Å². The summed E-state index contributed by atoms with van der Waals surface area (Å²) in [6, 6.07) is 7.90. The van der Waals surface area contributed by atoms with Crippen LogP contribution in [0.3, 0.4) is 0 Å². The molecule has 0 radical (unpaired) electrons. The van der Waals surface area contributed by atoms with Gasteiger partial charge in [-0.15, -0.1) is 6.58 Å². The van der Waals surface area contributed by atoms with Gasteiger partial charge >= 0.3 is 0 Å². The van der Waals surface area contributed by atoms with Gasteiger partial charge in [0.25, 0.3) is 0 Å². The Labute approximate surface area is 171 Å². The van der Waals surface area contributed by atoms with Gasteiger partial charge in [-0.1, -0.05) is 31.2 Å². The second-order valence-corrected chi connectivity index (χ2v) is 9.24. The molecule has 8 heteroatoms. The van der Waals surface area contributed by atoms with Gasteiger partial charge in [0.1, 0.15) is 11.3 Å². The first kappa shape index (κ1) is 21.3. The van der Waals surface area contributed by atoms with Crippen molar-refractivity contribution in [2.45, 2.75) is 32.7 Å². The SMILES string of the molecule is C=CCS(=O)(=O)CCCOCCn1c(CCC)nc2c(N)nc3ccccc3c21. The topological polar surface area (TPSA) is 100 Å². The molecule has 0 bridgehead atoms. The monoisotopic (exact) mass is 416 g/mol. The highest BCUT2D eigenvalue weighted by Crippen LogP contribution is 2.29. The number of para-hydroxylation sites is 1. The maximum Gasteiger partial charge on any atom is 0.153 e. The van der Waals surface area contributed by atoms with E-state index in [1.807, 2.05) is 24.3 Å². The number of hydrogen-bond donors (Lipinski definition) is 1. The number of rotatable bonds is 11. The third-order valence-electron chi connectivity index (χ3n) is 4.74. The number of aryl methyl sites for hydroxylation is 1. The van der Waals surface area contributed by atoms with Gasteiger partial charge in [0.05, 0.1) is 29.1 Å². The predicted octanol–water partition coefficient (Wildman–Crippen LogP) is 3.13. The van der Waals surface area contributed by atoms with Crippen LogP contribution in [0.15, 0.2) is 36.9 Å². The molecule has 3 aromatic rings. The van der Waals surface area contributed by atoms with Crippen molar-refractivity contribution in [1.29, 1.82) is 0 Å². The molecule has 29 heavy (non-hydrogen) atoms. The molecule has 0 saturated heterocycles. The van der Waals surface area contributed by atoms with Crippen molar-refractivity contribution in [2.24, 2.45) is 0 Å². The second-order valence-electron chi connectivity index (χ2n) is 7.01. The van der Waals surface area contributed by atoms with Crippen LogP contribution in [0, 0.1) is 0 Å². The Balaban J connectivity index is 1.76. The second kappa shape index (κ2) is 9.37. The maximum absolute atomic E-state index is 11.7. The summed E-state index contributed by atoms with van der Waals surface area (Å²) in [4.78, 5) is 9.24. The van der Waals surface area contributed by atoms with Gasteiger partial charge in [-0.25, -0.2) is 18.4 Å². The average Bonchev–Trinajstić information content (AvgIpc) is 3.04. The zero-order valence-electron chi connectivity index (χ0n) is 16.8. The number of nitrogens with zero attached hydrogens (tertiary/aromatic N) is 3. The fourth-order valence-electron chi connectivity index (χ4n) is 3.46. The first-order valence-electron chi connectivity index (χ1n) is 9.89. The number of nitrogen functional groups attached to an aromatic ring is 1. The van der Waals surface area contributed by atoms with E-state index in [-0.39, 0.29) is 11.5 Å². The van der Waals surface area contributed by atoms with Crippen LogP contribution in [-0.2, 0) is 27.5 Å². The molecule has 156 valence electrons. The molecule has 0 unspecified atom stereocenters. The average molecular weight is 417 g/mol. The molecule has 2 heterocycles. The molecule has 0 fully saturated rings. The fourth-order valence-corrected chi connectivity index (χ4v) is 4.55. The number of hydrogen-bond acceptors (Lipinski definition) is 6. The fraction of sp³-hybridized carbons (Fsp3) is 0.429. The molecule has 3 rings (SSSR count). The lowest BCUT2D eigenvalue weighted by Gasteiger charge is -2.11. The summed E-state index contributed by atoms with van der Waals surface area (Å²) in [5, 5.41) is 1.02. The van der Waals surface area contributed by atoms with E-state index in [1.165, 1.54) is 6.08 Å². The molecule has 2 N–H and O–H groups in total. The number of pyridine rings is 1. The van der Waals surface area contributed by atoms with Crippen LogP contribution in [0.5, 0.6) is 0 Å². The standard InChI is InChI=1S/C21H28N4O3S/c1-3-8-18-24-19-20(16-9-5-6-10-17(16)23-21(19)22)25(18)11-13-28-12-7-15-29(26,27)14-4-2/h4-6,9-10H,2-3,7-8,11-15H2,1H3,(H2,22,23). The summed E-state index contributed by atoms with van der Waals surface area (Å²) in [7, 11) is -3.07. The molecule has 7 nitrogen and oxygen atoms in total. The lowest BCUT2D eigenvalue weighted by Crippen LogP contribution is -2.14. The minimum Gasteiger partial charge on any atom is -0.382 e. The van der Waals surface area contributed by atoms with Crippen molar-refractivity contribution in [2.75, 3.05) is 30.5 Å². The highest BCUT2D eigenvalue weighted by atomic mass is 32.2. The summed E-state index contributed by atoms with van der Waals surface area (Å²) in [6.45, 7) is 7.09. The molecular weight excluding hydrogens is 388 g/mol. The van der Waals surface area contributed by atoms with E-state index in [0.29, 0.717) is 32.0 Å². The van der Waals surface area contributed by atoms with E-state index >= 15 is 0 Å². The Bertz CT molecular complexity index is 1110. The molecule has 0 aliphatic rings. The zero-order valence-corrected chi connectivity index (χ0v) is 17.6. The van der Waals surface area contributed by atoms with Crippen LogP contribution in [0.25, 0.3) is 21.9 Å². The summed E-state index contributed by atoms with van der Waals surface area (Å²) < 4.78 is 31.3. The first-order chi connectivity index (χ1) is 14.0. The molecule has 2 aromatic heterocycles. The van der Waals surface area contributed by atoms with Crippen LogP contribution in [0.4, 0.5) is 5.82 Å². The minimum absolute atomic E-state index is 0.0108. The highest BCUT2D eigenvalue weighted by molar-refractivity contribution is 7.91. The van der Waals surface area contributed by atoms with Gasteiger partial charge < -0.3 is 15.0 Å². The van der Waals surface area contributed by atoms with Crippen molar-refractivity contribution in [3.63, 3.8) is 0 Å². The summed E-state index contributed by atoms with van der Waals surface area (Å²) in [5.41, 5.74) is 8.73. The Kier molecular flexibility index (Phi) is 6.87. The number of benzene rings is 1. The zero-order chi connectivity index (χ0) is 20.9. The molecule has 0 spiro atoms. The van der Waals surface area contributed by atoms with Gasteiger partial charge in [0.2, 0.25) is 0 Å². The van der Waals surface area contributed by atoms with Gasteiger partial charge in [-0.05, 0) is 18.9 Å². The Morgan fingerprint density at radius 2 is 2.03 bits per heavy atom. The van der Waals surface area contributed by atoms with E-state index in [4.69, 9.17) is 15.5 Å². The van der Waals surface area contributed by atoms with Crippen molar-refractivity contribution in [1.82, 2.24) is 14.5 Å². The van der Waals surface area contributed by atoms with Gasteiger partial charge in [-0.2, -0.15) is 0 Å². The summed E-state index contributed by atoms with van der Waals surface area (Å²) in [6.07, 6.45) is 3.70. The van der Waals surface area contributed by atoms with Crippen molar-refractivity contribution < 1.29 is 13.2 Å². The minimum atomic E-state index is -3.07. The lowest BCUT2D eigenvalue weighted by atomic mass is 10.2. The summed E-state index contributed by atoms with van der Waals surface area (Å²) in [5.74, 6) is 1.52. The van der Waals surface area contributed by atoms with E-state index in [9.17, 15) is 8.42 Å². The van der Waals surface area contributed by atoms with Crippen LogP contribution in [0.1, 0.15) is 25.6 Å². The van der Waals surface area contributed by atoms with Crippen LogP contribution in [-0.4, -0.2) is 47.7 Å². The molecular formula is C21H28N4O3S. The summed E-state index contributed by atoms with van der Waals surface area (Å²) >= 11 is 0. The molecule has 0 amide bonds. The van der Waals surface area contributed by atoms with E-state index in [2.05, 4.69) is 23.1 Å². The third-order valence-corrected chi connectivity index (χ3v) is 6.39. The van der Waals surface area contributed by atoms with E-state index in [1.54, 1.807) is 0 Å². The molecule has 0 aliphatic heterocycles. The number of ether oxygens (including phenoxy) is 1. The smallest absolute Gasteiger partial charge is 0.153 e. The molecule has 0 aliphatic carbocycles. The Hall–Kier alpha value is -2.45. The molecule has 0 saturated carbocycles. The first-order valence-corrected chi connectivity index (χ1v) is 11.7. The molecule has 0 atom stereocenters. The third kappa shape index (κ3) is 4.94. The Morgan fingerprint density at radius 1 is 1.24 bits per heavy atom. The van der Waals surface area contributed by atoms with Gasteiger partial charge in [-0.3, -0.25) is 0 Å². The number of anilines is 1. The van der Waals surface area contributed by atoms with Gasteiger partial charge in [0.15, 0.2) is 15.7 Å². The van der Waals surface area contributed by atoms with E-state index in [0.717, 1.165) is 40.6 Å². The quantitative estimate of drug-likeness (QED) is 0.381. The lowest BCUT2D eigenvalue weighted by molar-refractivity contribution is 0.127. The Morgan fingerprint density at radius 3 is 2.79 bits per heavy atom. The highest BCUT2D eigenvalue weighted by Gasteiger charge is 2.16. The van der Waals surface area contributed by atoms with Crippen LogP contribution in [0.2, 0.25) is 0 Å². The number of sulfone groups is 1. The predicted molar refractivity (Wildman–Crippen MR) is 118 cm³/mol. The van der Waals surface area contributed by atoms with E-state index < -0.39 is 9.84 Å². The number of nitrogens with two attached hydrogens (primary N) is 1.